The molecule has 0 fully saturated rings. The van der Waals surface area contributed by atoms with E-state index in [2.05, 4.69) is 24.5 Å². The van der Waals surface area contributed by atoms with Gasteiger partial charge in [0.15, 0.2) is 0 Å². The Kier molecular flexibility index (Phi) is 20.3. The van der Waals surface area contributed by atoms with E-state index in [-0.39, 0.29) is 11.9 Å². The fraction of sp³-hybridized carbons (Fsp3) is 0.957. The first-order valence-electron chi connectivity index (χ1n) is 11.7. The van der Waals surface area contributed by atoms with E-state index in [0.717, 1.165) is 19.4 Å². The highest BCUT2D eigenvalue weighted by Gasteiger charge is 2.08. The number of rotatable bonds is 20. The summed E-state index contributed by atoms with van der Waals surface area (Å²) in [4.78, 5) is 11.9. The summed E-state index contributed by atoms with van der Waals surface area (Å²) in [7, 11) is 1.93. The summed E-state index contributed by atoms with van der Waals surface area (Å²) >= 11 is 0. The molecule has 0 aromatic carbocycles. The van der Waals surface area contributed by atoms with E-state index in [9.17, 15) is 4.79 Å². The smallest absolute Gasteiger partial charge is 0.220 e. The Morgan fingerprint density at radius 3 is 1.50 bits per heavy atom. The molecule has 2 N–H and O–H groups in total. The highest BCUT2D eigenvalue weighted by molar-refractivity contribution is 5.76. The van der Waals surface area contributed by atoms with Crippen LogP contribution < -0.4 is 10.6 Å². The third-order valence-corrected chi connectivity index (χ3v) is 5.32. The van der Waals surface area contributed by atoms with Gasteiger partial charge in [-0.1, -0.05) is 104 Å². The number of hydrogen-bond donors (Lipinski definition) is 2. The van der Waals surface area contributed by atoms with Crippen LogP contribution in [0.25, 0.3) is 0 Å². The topological polar surface area (TPSA) is 41.1 Å². The van der Waals surface area contributed by atoms with Crippen molar-refractivity contribution in [3.8, 4) is 0 Å². The van der Waals surface area contributed by atoms with E-state index >= 15 is 0 Å². The van der Waals surface area contributed by atoms with Crippen molar-refractivity contribution in [1.29, 1.82) is 0 Å². The predicted molar refractivity (Wildman–Crippen MR) is 116 cm³/mol. The molecule has 156 valence electrons. The van der Waals surface area contributed by atoms with Crippen molar-refractivity contribution in [2.24, 2.45) is 0 Å². The molecule has 0 aliphatic heterocycles. The predicted octanol–water partition coefficient (Wildman–Crippen LogP) is 6.36. The maximum Gasteiger partial charge on any atom is 0.220 e. The quantitative estimate of drug-likeness (QED) is 0.245. The monoisotopic (exact) mass is 368 g/mol. The molecular formula is C23H48N2O. The van der Waals surface area contributed by atoms with Crippen molar-refractivity contribution in [2.45, 2.75) is 129 Å². The molecule has 0 aromatic heterocycles. The standard InChI is InChI=1S/C23H48N2O/c1-4-6-7-8-9-10-11-12-13-14-15-16-17-18-19-20-23(26)25-22(5-2)21-24-3/h22,24H,4-21H2,1-3H3,(H,25,26). The Hall–Kier alpha value is -0.570. The van der Waals surface area contributed by atoms with Gasteiger partial charge in [-0.3, -0.25) is 4.79 Å². The molecule has 0 aliphatic carbocycles. The van der Waals surface area contributed by atoms with Gasteiger partial charge < -0.3 is 10.6 Å². The zero-order valence-electron chi connectivity index (χ0n) is 18.2. The van der Waals surface area contributed by atoms with Crippen molar-refractivity contribution < 1.29 is 4.79 Å². The van der Waals surface area contributed by atoms with Gasteiger partial charge in [0, 0.05) is 19.0 Å². The molecule has 0 heterocycles. The van der Waals surface area contributed by atoms with E-state index in [1.165, 1.54) is 89.9 Å². The Labute approximate surface area is 164 Å². The van der Waals surface area contributed by atoms with Crippen LogP contribution >= 0.6 is 0 Å². The van der Waals surface area contributed by atoms with Crippen molar-refractivity contribution in [3.05, 3.63) is 0 Å². The molecule has 0 aromatic rings. The minimum Gasteiger partial charge on any atom is -0.352 e. The number of carbonyl (C=O) groups is 1. The molecule has 0 rings (SSSR count). The van der Waals surface area contributed by atoms with Gasteiger partial charge in [-0.15, -0.1) is 0 Å². The van der Waals surface area contributed by atoms with Gasteiger partial charge in [-0.2, -0.15) is 0 Å². The third-order valence-electron chi connectivity index (χ3n) is 5.32. The Bertz CT molecular complexity index is 294. The minimum absolute atomic E-state index is 0.224. The van der Waals surface area contributed by atoms with Crippen LogP contribution in [-0.2, 0) is 4.79 Å². The molecule has 0 saturated heterocycles. The molecule has 0 saturated carbocycles. The summed E-state index contributed by atoms with van der Waals surface area (Å²) in [6, 6.07) is 0.281. The van der Waals surface area contributed by atoms with Gasteiger partial charge in [0.25, 0.3) is 0 Å². The molecule has 1 atom stereocenters. The van der Waals surface area contributed by atoms with Gasteiger partial charge >= 0.3 is 0 Å². The molecule has 0 bridgehead atoms. The first-order chi connectivity index (χ1) is 12.7. The average Bonchev–Trinajstić information content (AvgIpc) is 2.64. The van der Waals surface area contributed by atoms with Gasteiger partial charge in [-0.25, -0.2) is 0 Å². The summed E-state index contributed by atoms with van der Waals surface area (Å²) in [5, 5.41) is 6.25. The summed E-state index contributed by atoms with van der Waals surface area (Å²) < 4.78 is 0. The molecule has 1 amide bonds. The van der Waals surface area contributed by atoms with Crippen LogP contribution in [0.2, 0.25) is 0 Å². The second-order valence-corrected chi connectivity index (χ2v) is 7.93. The zero-order valence-corrected chi connectivity index (χ0v) is 18.2. The minimum atomic E-state index is 0.224. The molecule has 0 radical (unpaired) electrons. The SMILES string of the molecule is CCCCCCCCCCCCCCCCCC(=O)NC(CC)CNC. The number of carbonyl (C=O) groups excluding carboxylic acids is 1. The van der Waals surface area contributed by atoms with E-state index in [0.29, 0.717) is 6.42 Å². The third kappa shape index (κ3) is 18.2. The van der Waals surface area contributed by atoms with Crippen LogP contribution in [0.3, 0.4) is 0 Å². The summed E-state index contributed by atoms with van der Waals surface area (Å²) in [6.45, 7) is 5.27. The molecule has 1 unspecified atom stereocenters. The van der Waals surface area contributed by atoms with Crippen molar-refractivity contribution in [3.63, 3.8) is 0 Å². The number of likely N-dealkylation sites (N-methyl/N-ethyl adjacent to an activating group) is 1. The lowest BCUT2D eigenvalue weighted by Crippen LogP contribution is -2.40. The van der Waals surface area contributed by atoms with Gasteiger partial charge in [-0.05, 0) is 19.9 Å². The second-order valence-electron chi connectivity index (χ2n) is 7.93. The normalized spacial score (nSPS) is 12.3. The number of unbranched alkanes of at least 4 members (excludes halogenated alkanes) is 14. The highest BCUT2D eigenvalue weighted by Crippen LogP contribution is 2.13. The maximum atomic E-state index is 11.9. The highest BCUT2D eigenvalue weighted by atomic mass is 16.1. The first-order valence-corrected chi connectivity index (χ1v) is 11.7. The second kappa shape index (κ2) is 20.7. The van der Waals surface area contributed by atoms with Gasteiger partial charge in [0.2, 0.25) is 5.91 Å². The molecule has 0 aliphatic rings. The average molecular weight is 369 g/mol. The lowest BCUT2D eigenvalue weighted by molar-refractivity contribution is -0.121. The lowest BCUT2D eigenvalue weighted by Gasteiger charge is -2.16. The summed E-state index contributed by atoms with van der Waals surface area (Å²) in [5.41, 5.74) is 0. The van der Waals surface area contributed by atoms with E-state index < -0.39 is 0 Å². The fourth-order valence-electron chi connectivity index (χ4n) is 3.50. The van der Waals surface area contributed by atoms with Crippen LogP contribution in [0.15, 0.2) is 0 Å². The van der Waals surface area contributed by atoms with Gasteiger partial charge in [0.05, 0.1) is 0 Å². The summed E-state index contributed by atoms with van der Waals surface area (Å²) in [6.07, 6.45) is 22.2. The van der Waals surface area contributed by atoms with Crippen molar-refractivity contribution in [2.75, 3.05) is 13.6 Å². The molecule has 0 spiro atoms. The Morgan fingerprint density at radius 1 is 0.692 bits per heavy atom. The molecular weight excluding hydrogens is 320 g/mol. The fourth-order valence-corrected chi connectivity index (χ4v) is 3.50. The molecule has 3 nitrogen and oxygen atoms in total. The van der Waals surface area contributed by atoms with Crippen LogP contribution in [0.1, 0.15) is 123 Å². The van der Waals surface area contributed by atoms with Crippen molar-refractivity contribution in [1.82, 2.24) is 10.6 Å². The Balaban J connectivity index is 3.22. The molecule has 3 heteroatoms. The maximum absolute atomic E-state index is 11.9. The lowest BCUT2D eigenvalue weighted by atomic mass is 10.0. The van der Waals surface area contributed by atoms with Crippen LogP contribution in [-0.4, -0.2) is 25.5 Å². The molecule has 26 heavy (non-hydrogen) atoms. The first kappa shape index (κ1) is 25.4. The largest absolute Gasteiger partial charge is 0.352 e. The van der Waals surface area contributed by atoms with Crippen LogP contribution in [0.5, 0.6) is 0 Å². The van der Waals surface area contributed by atoms with E-state index in [1.807, 2.05) is 7.05 Å². The summed E-state index contributed by atoms with van der Waals surface area (Å²) in [5.74, 6) is 0.224. The van der Waals surface area contributed by atoms with Crippen LogP contribution in [0.4, 0.5) is 0 Å². The number of nitrogens with one attached hydrogen (secondary N) is 2. The van der Waals surface area contributed by atoms with Gasteiger partial charge in [0.1, 0.15) is 0 Å². The van der Waals surface area contributed by atoms with E-state index in [1.54, 1.807) is 0 Å². The number of amides is 1. The van der Waals surface area contributed by atoms with Crippen LogP contribution in [0, 0.1) is 0 Å². The van der Waals surface area contributed by atoms with Crippen molar-refractivity contribution >= 4 is 5.91 Å². The van der Waals surface area contributed by atoms with E-state index in [4.69, 9.17) is 0 Å². The number of hydrogen-bond acceptors (Lipinski definition) is 2. The zero-order chi connectivity index (χ0) is 19.3. The Morgan fingerprint density at radius 2 is 1.12 bits per heavy atom.